The van der Waals surface area contributed by atoms with Gasteiger partial charge in [0.2, 0.25) is 0 Å². The fraction of sp³-hybridized carbons (Fsp3) is 0.524. The smallest absolute Gasteiger partial charge is 0.327 e. The molecule has 0 bridgehead atoms. The predicted octanol–water partition coefficient (Wildman–Crippen LogP) is 2.30. The van der Waals surface area contributed by atoms with Crippen molar-refractivity contribution in [2.24, 2.45) is 5.92 Å². The second-order valence-corrected chi connectivity index (χ2v) is 7.48. The molecule has 1 rings (SSSR count). The molecule has 0 unspecified atom stereocenters. The van der Waals surface area contributed by atoms with Crippen LogP contribution in [0, 0.1) is 5.92 Å². The van der Waals surface area contributed by atoms with Crippen LogP contribution in [0.5, 0.6) is 0 Å². The Kier molecular flexibility index (Phi) is 8.82. The number of esters is 2. The number of hydrogen-bond acceptors (Lipinski definition) is 6. The minimum atomic E-state index is -1.65. The first kappa shape index (κ1) is 24.1. The van der Waals surface area contributed by atoms with Gasteiger partial charge in [-0.05, 0) is 37.0 Å². The third-order valence-corrected chi connectivity index (χ3v) is 4.25. The number of carbonyl (C=O) groups excluding carboxylic acids is 3. The Morgan fingerprint density at radius 3 is 2.00 bits per heavy atom. The molecule has 29 heavy (non-hydrogen) atoms. The summed E-state index contributed by atoms with van der Waals surface area (Å²) in [7, 11) is 0. The molecule has 1 amide bonds. The summed E-state index contributed by atoms with van der Waals surface area (Å²) in [6.45, 7) is 9.33. The van der Waals surface area contributed by atoms with Gasteiger partial charge in [-0.1, -0.05) is 32.9 Å². The minimum Gasteiger partial charge on any atom is -0.480 e. The summed E-state index contributed by atoms with van der Waals surface area (Å²) in [5.41, 5.74) is 1.14. The number of benzene rings is 1. The summed E-state index contributed by atoms with van der Waals surface area (Å²) in [4.78, 5) is 48.4. The van der Waals surface area contributed by atoms with Gasteiger partial charge in [0.1, 0.15) is 6.04 Å². The third-order valence-electron chi connectivity index (χ3n) is 4.25. The van der Waals surface area contributed by atoms with Gasteiger partial charge >= 0.3 is 17.9 Å². The lowest BCUT2D eigenvalue weighted by Crippen LogP contribution is -2.49. The van der Waals surface area contributed by atoms with Crippen molar-refractivity contribution < 1.29 is 33.8 Å². The first-order valence-corrected chi connectivity index (χ1v) is 9.47. The molecule has 1 aromatic rings. The van der Waals surface area contributed by atoms with E-state index >= 15 is 0 Å². The van der Waals surface area contributed by atoms with Crippen molar-refractivity contribution in [2.45, 2.75) is 52.5 Å². The first-order chi connectivity index (χ1) is 13.5. The molecule has 2 atom stereocenters. The van der Waals surface area contributed by atoms with Crippen molar-refractivity contribution in [3.63, 3.8) is 0 Å². The molecule has 0 radical (unpaired) electrons. The molecular weight excluding hydrogens is 378 g/mol. The number of carboxylic acid groups (broad SMARTS) is 1. The molecular formula is C21H29NO7. The fourth-order valence-electron chi connectivity index (χ4n) is 2.67. The van der Waals surface area contributed by atoms with Gasteiger partial charge < -0.3 is 19.9 Å². The van der Waals surface area contributed by atoms with E-state index in [-0.39, 0.29) is 24.2 Å². The lowest BCUT2D eigenvalue weighted by atomic mass is 9.86. The van der Waals surface area contributed by atoms with E-state index in [0.29, 0.717) is 0 Å². The topological polar surface area (TPSA) is 119 Å². The molecule has 0 spiro atoms. The maximum atomic E-state index is 12.6. The van der Waals surface area contributed by atoms with Crippen LogP contribution in [-0.2, 0) is 29.3 Å². The van der Waals surface area contributed by atoms with Crippen LogP contribution >= 0.6 is 0 Å². The predicted molar refractivity (Wildman–Crippen MR) is 105 cm³/mol. The van der Waals surface area contributed by atoms with Crippen LogP contribution in [0.1, 0.15) is 57.0 Å². The zero-order chi connectivity index (χ0) is 22.2. The molecule has 0 aliphatic heterocycles. The van der Waals surface area contributed by atoms with Crippen LogP contribution in [0.25, 0.3) is 0 Å². The number of aliphatic carboxylic acids is 1. The molecule has 0 heterocycles. The highest BCUT2D eigenvalue weighted by Crippen LogP contribution is 2.22. The van der Waals surface area contributed by atoms with E-state index in [9.17, 15) is 24.3 Å². The van der Waals surface area contributed by atoms with Crippen molar-refractivity contribution >= 4 is 23.8 Å². The van der Waals surface area contributed by atoms with Gasteiger partial charge in [0, 0.05) is 5.56 Å². The summed E-state index contributed by atoms with van der Waals surface area (Å²) in [6.07, 6.45) is -0.521. The number of nitrogens with one attached hydrogen (secondary N) is 1. The summed E-state index contributed by atoms with van der Waals surface area (Å²) in [5, 5.41) is 11.9. The molecule has 0 aliphatic rings. The van der Waals surface area contributed by atoms with E-state index in [0.717, 1.165) is 5.56 Å². The van der Waals surface area contributed by atoms with Crippen molar-refractivity contribution in [1.82, 2.24) is 5.32 Å². The van der Waals surface area contributed by atoms with Gasteiger partial charge in [0.15, 0.2) is 0 Å². The lowest BCUT2D eigenvalue weighted by Gasteiger charge is -2.23. The molecule has 0 aromatic heterocycles. The fourth-order valence-corrected chi connectivity index (χ4v) is 2.67. The maximum absolute atomic E-state index is 12.6. The largest absolute Gasteiger partial charge is 0.480 e. The van der Waals surface area contributed by atoms with Crippen molar-refractivity contribution in [3.8, 4) is 0 Å². The van der Waals surface area contributed by atoms with Gasteiger partial charge in [0.25, 0.3) is 5.91 Å². The number of ether oxygens (including phenoxy) is 2. The number of hydrogen-bond donors (Lipinski definition) is 2. The van der Waals surface area contributed by atoms with Crippen molar-refractivity contribution in [2.75, 3.05) is 13.2 Å². The second-order valence-electron chi connectivity index (χ2n) is 7.48. The van der Waals surface area contributed by atoms with Gasteiger partial charge in [-0.3, -0.25) is 14.4 Å². The van der Waals surface area contributed by atoms with Gasteiger partial charge in [-0.2, -0.15) is 0 Å². The highest BCUT2D eigenvalue weighted by molar-refractivity contribution is 5.98. The molecule has 2 N–H and O–H groups in total. The molecule has 0 fully saturated rings. The summed E-state index contributed by atoms with van der Waals surface area (Å²) in [6, 6.07) is 5.09. The van der Waals surface area contributed by atoms with Gasteiger partial charge in [-0.25, -0.2) is 4.79 Å². The van der Waals surface area contributed by atoms with E-state index in [2.05, 4.69) is 5.32 Å². The lowest BCUT2D eigenvalue weighted by molar-refractivity contribution is -0.159. The van der Waals surface area contributed by atoms with Crippen LogP contribution in [0.15, 0.2) is 24.3 Å². The van der Waals surface area contributed by atoms with Crippen molar-refractivity contribution in [3.05, 3.63) is 35.4 Å². The Morgan fingerprint density at radius 1 is 1.00 bits per heavy atom. The zero-order valence-electron chi connectivity index (χ0n) is 17.5. The monoisotopic (exact) mass is 407 g/mol. The molecule has 0 aliphatic carbocycles. The highest BCUT2D eigenvalue weighted by atomic mass is 16.5. The Labute approximate surface area is 170 Å². The Morgan fingerprint density at radius 2 is 1.55 bits per heavy atom. The normalized spacial score (nSPS) is 13.1. The standard InChI is InChI=1S/C21H29NO7/c1-6-28-16(23)12-15(20(27)29-7-2)17(19(25)26)22-18(24)13-8-10-14(11-9-13)21(3,4)5/h8-11,15,17H,6-7,12H2,1-5H3,(H,22,24)(H,25,26)/t15-,17+/m0/s1. The van der Waals surface area contributed by atoms with Crippen LogP contribution in [-0.4, -0.2) is 48.2 Å². The number of carboxylic acids is 1. The van der Waals surface area contributed by atoms with Crippen LogP contribution in [0.2, 0.25) is 0 Å². The van der Waals surface area contributed by atoms with Crippen LogP contribution in [0.3, 0.4) is 0 Å². The minimum absolute atomic E-state index is 0.00666. The molecule has 1 aromatic carbocycles. The van der Waals surface area contributed by atoms with Crippen molar-refractivity contribution in [1.29, 1.82) is 0 Å². The average molecular weight is 407 g/mol. The Balaban J connectivity index is 3.08. The van der Waals surface area contributed by atoms with E-state index in [1.807, 2.05) is 20.8 Å². The zero-order valence-corrected chi connectivity index (χ0v) is 17.5. The van der Waals surface area contributed by atoms with E-state index in [1.165, 1.54) is 0 Å². The maximum Gasteiger partial charge on any atom is 0.327 e. The summed E-state index contributed by atoms with van der Waals surface area (Å²) < 4.78 is 9.71. The third kappa shape index (κ3) is 7.21. The Hall–Kier alpha value is -2.90. The average Bonchev–Trinajstić information content (AvgIpc) is 2.64. The van der Waals surface area contributed by atoms with Gasteiger partial charge in [0.05, 0.1) is 25.6 Å². The van der Waals surface area contributed by atoms with E-state index in [1.54, 1.807) is 38.1 Å². The molecule has 0 saturated carbocycles. The molecule has 160 valence electrons. The highest BCUT2D eigenvalue weighted by Gasteiger charge is 2.38. The van der Waals surface area contributed by atoms with Crippen LogP contribution in [0.4, 0.5) is 0 Å². The molecule has 8 heteroatoms. The molecule has 0 saturated heterocycles. The first-order valence-electron chi connectivity index (χ1n) is 9.47. The molecule has 8 nitrogen and oxygen atoms in total. The SMILES string of the molecule is CCOC(=O)C[C@H](C(=O)OCC)[C@@H](NC(=O)c1ccc(C(C)(C)C)cc1)C(=O)O. The Bertz CT molecular complexity index is 734. The second kappa shape index (κ2) is 10.6. The van der Waals surface area contributed by atoms with E-state index < -0.39 is 42.2 Å². The summed E-state index contributed by atoms with van der Waals surface area (Å²) >= 11 is 0. The van der Waals surface area contributed by atoms with Gasteiger partial charge in [-0.15, -0.1) is 0 Å². The van der Waals surface area contributed by atoms with E-state index in [4.69, 9.17) is 9.47 Å². The number of carbonyl (C=O) groups is 4. The number of rotatable bonds is 9. The number of amides is 1. The van der Waals surface area contributed by atoms with Crippen LogP contribution < -0.4 is 5.32 Å². The summed E-state index contributed by atoms with van der Waals surface area (Å²) in [5.74, 6) is -5.18. The quantitative estimate of drug-likeness (QED) is 0.603.